The third-order valence-electron chi connectivity index (χ3n) is 4.16. The second kappa shape index (κ2) is 4.48. The van der Waals surface area contributed by atoms with Crippen LogP contribution in [-0.4, -0.2) is 22.9 Å². The molecule has 1 atom stereocenters. The first-order valence-corrected chi connectivity index (χ1v) is 6.92. The minimum Gasteiger partial charge on any atom is -0.394 e. The highest BCUT2D eigenvalue weighted by Gasteiger charge is 2.34. The molecule has 1 unspecified atom stereocenters. The number of nitrogens with zero attached hydrogens (tertiary/aromatic N) is 3. The summed E-state index contributed by atoms with van der Waals surface area (Å²) in [5, 5.41) is 4.51. The highest BCUT2D eigenvalue weighted by Crippen LogP contribution is 2.37. The van der Waals surface area contributed by atoms with Crippen molar-refractivity contribution in [1.82, 2.24) is 9.78 Å². The summed E-state index contributed by atoms with van der Waals surface area (Å²) in [6.45, 7) is 14.2. The third kappa shape index (κ3) is 2.20. The minimum atomic E-state index is 0.371. The second-order valence-corrected chi connectivity index (χ2v) is 6.44. The van der Waals surface area contributed by atoms with Crippen LogP contribution < -0.4 is 10.6 Å². The van der Waals surface area contributed by atoms with Crippen LogP contribution >= 0.6 is 0 Å². The number of aromatic nitrogens is 2. The molecule has 1 saturated heterocycles. The molecule has 2 rings (SSSR count). The Morgan fingerprint density at radius 2 is 2.06 bits per heavy atom. The molecular weight excluding hydrogens is 224 g/mol. The van der Waals surface area contributed by atoms with Gasteiger partial charge in [0.25, 0.3) is 0 Å². The number of nitrogen functional groups attached to an aromatic ring is 1. The summed E-state index contributed by atoms with van der Waals surface area (Å²) >= 11 is 0. The number of rotatable bonds is 2. The molecule has 102 valence electrons. The van der Waals surface area contributed by atoms with Crippen LogP contribution in [0.1, 0.15) is 39.8 Å². The van der Waals surface area contributed by atoms with Crippen LogP contribution in [-0.2, 0) is 6.54 Å². The summed E-state index contributed by atoms with van der Waals surface area (Å²) in [5.74, 6) is 1.86. The van der Waals surface area contributed by atoms with Crippen LogP contribution in [0.4, 0.5) is 11.5 Å². The van der Waals surface area contributed by atoms with Gasteiger partial charge in [0, 0.05) is 19.6 Å². The van der Waals surface area contributed by atoms with E-state index in [1.807, 2.05) is 11.6 Å². The van der Waals surface area contributed by atoms with Gasteiger partial charge in [0.2, 0.25) is 0 Å². The van der Waals surface area contributed by atoms with Crippen molar-refractivity contribution in [2.45, 2.75) is 47.6 Å². The zero-order valence-electron chi connectivity index (χ0n) is 12.3. The molecule has 0 amide bonds. The van der Waals surface area contributed by atoms with Crippen molar-refractivity contribution in [2.75, 3.05) is 23.7 Å². The van der Waals surface area contributed by atoms with Gasteiger partial charge < -0.3 is 10.6 Å². The average Bonchev–Trinajstić information content (AvgIpc) is 2.84. The van der Waals surface area contributed by atoms with Gasteiger partial charge in [-0.1, -0.05) is 20.8 Å². The van der Waals surface area contributed by atoms with Gasteiger partial charge in [0.15, 0.2) is 5.82 Å². The molecule has 0 saturated carbocycles. The molecule has 4 heteroatoms. The van der Waals surface area contributed by atoms with Crippen molar-refractivity contribution in [1.29, 1.82) is 0 Å². The van der Waals surface area contributed by atoms with Crippen LogP contribution in [0.15, 0.2) is 0 Å². The summed E-state index contributed by atoms with van der Waals surface area (Å²) in [6, 6.07) is 0. The molecule has 0 radical (unpaired) electrons. The molecule has 18 heavy (non-hydrogen) atoms. The number of anilines is 2. The van der Waals surface area contributed by atoms with Crippen LogP contribution in [0.2, 0.25) is 0 Å². The van der Waals surface area contributed by atoms with Gasteiger partial charge in [0.1, 0.15) is 0 Å². The lowest BCUT2D eigenvalue weighted by Gasteiger charge is -2.27. The topological polar surface area (TPSA) is 47.1 Å². The van der Waals surface area contributed by atoms with E-state index in [1.165, 1.54) is 6.42 Å². The second-order valence-electron chi connectivity index (χ2n) is 6.44. The first kappa shape index (κ1) is 13.2. The van der Waals surface area contributed by atoms with Crippen molar-refractivity contribution in [3.63, 3.8) is 0 Å². The lowest BCUT2D eigenvalue weighted by atomic mass is 9.80. The molecule has 0 aromatic carbocycles. The van der Waals surface area contributed by atoms with Crippen molar-refractivity contribution in [2.24, 2.45) is 11.3 Å². The SMILES string of the molecule is CCn1nc(C)c(N)c1N1CCC(C(C)(C)C)C1. The molecule has 0 spiro atoms. The maximum atomic E-state index is 6.19. The maximum absolute atomic E-state index is 6.19. The quantitative estimate of drug-likeness (QED) is 0.878. The monoisotopic (exact) mass is 250 g/mol. The first-order chi connectivity index (χ1) is 8.34. The molecule has 1 aliphatic heterocycles. The predicted octanol–water partition coefficient (Wildman–Crippen LogP) is 2.67. The molecule has 1 aromatic heterocycles. The summed E-state index contributed by atoms with van der Waals surface area (Å²) in [7, 11) is 0. The Morgan fingerprint density at radius 1 is 1.39 bits per heavy atom. The summed E-state index contributed by atoms with van der Waals surface area (Å²) in [4.78, 5) is 2.41. The van der Waals surface area contributed by atoms with E-state index < -0.39 is 0 Å². The normalized spacial score (nSPS) is 20.7. The molecule has 0 bridgehead atoms. The van der Waals surface area contributed by atoms with E-state index in [2.05, 4.69) is 37.7 Å². The summed E-state index contributed by atoms with van der Waals surface area (Å²) < 4.78 is 2.04. The fourth-order valence-corrected chi connectivity index (χ4v) is 2.80. The highest BCUT2D eigenvalue weighted by molar-refractivity contribution is 5.66. The van der Waals surface area contributed by atoms with Gasteiger partial charge in [0.05, 0.1) is 11.4 Å². The van der Waals surface area contributed by atoms with Crippen LogP contribution in [0.25, 0.3) is 0 Å². The maximum Gasteiger partial charge on any atom is 0.150 e. The molecule has 2 N–H and O–H groups in total. The third-order valence-corrected chi connectivity index (χ3v) is 4.16. The Kier molecular flexibility index (Phi) is 3.30. The first-order valence-electron chi connectivity index (χ1n) is 6.92. The van der Waals surface area contributed by atoms with E-state index >= 15 is 0 Å². The Balaban J connectivity index is 2.24. The predicted molar refractivity (Wildman–Crippen MR) is 76.8 cm³/mol. The lowest BCUT2D eigenvalue weighted by molar-refractivity contribution is 0.263. The smallest absolute Gasteiger partial charge is 0.150 e. The Hall–Kier alpha value is -1.19. The average molecular weight is 250 g/mol. The zero-order chi connectivity index (χ0) is 13.5. The zero-order valence-corrected chi connectivity index (χ0v) is 12.3. The fraction of sp³-hybridized carbons (Fsp3) is 0.786. The van der Waals surface area contributed by atoms with Crippen LogP contribution in [0, 0.1) is 18.3 Å². The van der Waals surface area contributed by atoms with Crippen molar-refractivity contribution < 1.29 is 0 Å². The molecule has 1 fully saturated rings. The largest absolute Gasteiger partial charge is 0.394 e. The molecule has 1 aromatic rings. The number of aryl methyl sites for hydroxylation is 2. The van der Waals surface area contributed by atoms with Gasteiger partial charge in [-0.15, -0.1) is 0 Å². The Labute approximate surface area is 110 Å². The van der Waals surface area contributed by atoms with E-state index in [0.29, 0.717) is 5.41 Å². The van der Waals surface area contributed by atoms with Crippen LogP contribution in [0.5, 0.6) is 0 Å². The number of hydrogen-bond donors (Lipinski definition) is 1. The number of nitrogens with two attached hydrogens (primary N) is 1. The van der Waals surface area contributed by atoms with Crippen molar-refractivity contribution in [3.8, 4) is 0 Å². The van der Waals surface area contributed by atoms with E-state index in [9.17, 15) is 0 Å². The van der Waals surface area contributed by atoms with Gasteiger partial charge >= 0.3 is 0 Å². The van der Waals surface area contributed by atoms with Gasteiger partial charge in [-0.25, -0.2) is 4.68 Å². The van der Waals surface area contributed by atoms with Crippen molar-refractivity contribution in [3.05, 3.63) is 5.69 Å². The van der Waals surface area contributed by atoms with E-state index in [4.69, 9.17) is 5.73 Å². The van der Waals surface area contributed by atoms with Crippen molar-refractivity contribution >= 4 is 11.5 Å². The van der Waals surface area contributed by atoms with Gasteiger partial charge in [-0.2, -0.15) is 5.10 Å². The molecule has 0 aliphatic carbocycles. The van der Waals surface area contributed by atoms with E-state index in [1.54, 1.807) is 0 Å². The molecule has 2 heterocycles. The van der Waals surface area contributed by atoms with Gasteiger partial charge in [-0.3, -0.25) is 0 Å². The summed E-state index contributed by atoms with van der Waals surface area (Å²) in [6.07, 6.45) is 1.25. The Morgan fingerprint density at radius 3 is 2.56 bits per heavy atom. The van der Waals surface area contributed by atoms with E-state index in [-0.39, 0.29) is 0 Å². The van der Waals surface area contributed by atoms with E-state index in [0.717, 1.165) is 42.8 Å². The molecular formula is C14H26N4. The Bertz CT molecular complexity index is 428. The van der Waals surface area contributed by atoms with Gasteiger partial charge in [-0.05, 0) is 31.6 Å². The molecule has 1 aliphatic rings. The minimum absolute atomic E-state index is 0.371. The number of hydrogen-bond acceptors (Lipinski definition) is 3. The summed E-state index contributed by atoms with van der Waals surface area (Å²) in [5.41, 5.74) is 8.36. The lowest BCUT2D eigenvalue weighted by Crippen LogP contribution is -2.27. The highest BCUT2D eigenvalue weighted by atomic mass is 15.4. The van der Waals surface area contributed by atoms with Crippen LogP contribution in [0.3, 0.4) is 0 Å². The molecule has 4 nitrogen and oxygen atoms in total. The fourth-order valence-electron chi connectivity index (χ4n) is 2.80. The standard InChI is InChI=1S/C14H26N4/c1-6-18-13(12(15)10(2)16-18)17-8-7-11(9-17)14(3,4)5/h11H,6-9,15H2,1-5H3.